The van der Waals surface area contributed by atoms with Crippen molar-refractivity contribution in [3.8, 4) is 0 Å². The van der Waals surface area contributed by atoms with Crippen molar-refractivity contribution in [2.45, 2.75) is 33.0 Å². The van der Waals surface area contributed by atoms with Crippen molar-refractivity contribution in [3.05, 3.63) is 77.9 Å². The minimum Gasteiger partial charge on any atom is -0.366 e. The smallest absolute Gasteiger partial charge is 0.256 e. The summed E-state index contributed by atoms with van der Waals surface area (Å²) in [5.74, 6) is 0.514. The highest BCUT2D eigenvalue weighted by Crippen LogP contribution is 2.14. The highest BCUT2D eigenvalue weighted by atomic mass is 16.1. The number of nitrogens with one attached hydrogen (secondary N) is 2. The molecule has 2 N–H and O–H groups in total. The van der Waals surface area contributed by atoms with Crippen molar-refractivity contribution in [2.75, 3.05) is 5.32 Å². The number of carbonyl (C=O) groups excluding carboxylic acids is 1. The molecule has 0 aliphatic carbocycles. The summed E-state index contributed by atoms with van der Waals surface area (Å²) in [6.45, 7) is 5.20. The van der Waals surface area contributed by atoms with Gasteiger partial charge in [-0.25, -0.2) is 9.50 Å². The zero-order valence-corrected chi connectivity index (χ0v) is 16.4. The minimum atomic E-state index is -0.175. The molecule has 0 saturated heterocycles. The molecule has 0 spiro atoms. The van der Waals surface area contributed by atoms with Crippen molar-refractivity contribution in [3.63, 3.8) is 0 Å². The molecule has 0 aliphatic heterocycles. The van der Waals surface area contributed by atoms with E-state index in [4.69, 9.17) is 0 Å². The van der Waals surface area contributed by atoms with E-state index in [0.29, 0.717) is 23.6 Å². The lowest BCUT2D eigenvalue weighted by atomic mass is 10.1. The maximum absolute atomic E-state index is 12.4. The lowest BCUT2D eigenvalue weighted by Gasteiger charge is -2.09. The molecule has 0 unspecified atom stereocenters. The van der Waals surface area contributed by atoms with E-state index < -0.39 is 0 Å². The van der Waals surface area contributed by atoms with Crippen LogP contribution in [0.2, 0.25) is 0 Å². The lowest BCUT2D eigenvalue weighted by Crippen LogP contribution is -2.30. The molecule has 1 amide bonds. The van der Waals surface area contributed by atoms with Crippen LogP contribution in [0.1, 0.15) is 35.3 Å². The average molecular weight is 389 g/mol. The van der Waals surface area contributed by atoms with E-state index in [1.54, 1.807) is 23.1 Å². The summed E-state index contributed by atoms with van der Waals surface area (Å²) in [6.07, 6.45) is 7.07. The number of benzene rings is 1. The Morgan fingerprint density at radius 2 is 1.97 bits per heavy atom. The third-order valence-corrected chi connectivity index (χ3v) is 4.40. The first-order valence-corrected chi connectivity index (χ1v) is 9.53. The molecule has 0 bridgehead atoms. The SMILES string of the molecule is CC(C)NC(=O)c1cnn2ccc(NCc3cccc(Cn4cccn4)c3)nc12. The topological polar surface area (TPSA) is 89.1 Å². The van der Waals surface area contributed by atoms with Crippen molar-refractivity contribution in [1.29, 1.82) is 0 Å². The van der Waals surface area contributed by atoms with Crippen LogP contribution in [0, 0.1) is 0 Å². The number of amides is 1. The van der Waals surface area contributed by atoms with Crippen molar-refractivity contribution in [2.24, 2.45) is 0 Å². The highest BCUT2D eigenvalue weighted by molar-refractivity contribution is 5.99. The maximum Gasteiger partial charge on any atom is 0.256 e. The first kappa shape index (κ1) is 18.7. The number of carbonyl (C=O) groups is 1. The predicted octanol–water partition coefficient (Wildman–Crippen LogP) is 2.72. The number of hydrogen-bond donors (Lipinski definition) is 2. The van der Waals surface area contributed by atoms with E-state index >= 15 is 0 Å². The van der Waals surface area contributed by atoms with Gasteiger partial charge in [-0.3, -0.25) is 9.48 Å². The second-order valence-corrected chi connectivity index (χ2v) is 7.14. The molecule has 4 rings (SSSR count). The van der Waals surface area contributed by atoms with Gasteiger partial charge in [-0.1, -0.05) is 24.3 Å². The third-order valence-electron chi connectivity index (χ3n) is 4.40. The summed E-state index contributed by atoms with van der Waals surface area (Å²) in [6, 6.07) is 12.1. The van der Waals surface area contributed by atoms with Crippen molar-refractivity contribution in [1.82, 2.24) is 29.7 Å². The summed E-state index contributed by atoms with van der Waals surface area (Å²) in [7, 11) is 0. The molecule has 29 heavy (non-hydrogen) atoms. The van der Waals surface area contributed by atoms with E-state index in [2.05, 4.69) is 44.0 Å². The number of rotatable bonds is 7. The minimum absolute atomic E-state index is 0.0489. The molecule has 0 radical (unpaired) electrons. The quantitative estimate of drug-likeness (QED) is 0.507. The lowest BCUT2D eigenvalue weighted by molar-refractivity contribution is 0.0944. The molecule has 3 heterocycles. The van der Waals surface area contributed by atoms with Gasteiger partial charge in [0.25, 0.3) is 5.91 Å². The van der Waals surface area contributed by atoms with Gasteiger partial charge in [0.15, 0.2) is 5.65 Å². The van der Waals surface area contributed by atoms with Gasteiger partial charge in [0.2, 0.25) is 0 Å². The number of aromatic nitrogens is 5. The molecular weight excluding hydrogens is 366 g/mol. The van der Waals surface area contributed by atoms with Crippen molar-refractivity contribution >= 4 is 17.4 Å². The molecule has 0 fully saturated rings. The van der Waals surface area contributed by atoms with Crippen LogP contribution in [-0.4, -0.2) is 36.3 Å². The summed E-state index contributed by atoms with van der Waals surface area (Å²) in [5.41, 5.74) is 3.31. The van der Waals surface area contributed by atoms with E-state index in [-0.39, 0.29) is 11.9 Å². The normalized spacial score (nSPS) is 11.1. The summed E-state index contributed by atoms with van der Waals surface area (Å²) >= 11 is 0. The van der Waals surface area contributed by atoms with Crippen LogP contribution in [-0.2, 0) is 13.1 Å². The standard InChI is InChI=1S/C21H23N7O/c1-15(2)25-21(29)18-13-24-28-10-7-19(26-20(18)28)22-12-16-5-3-6-17(11-16)14-27-9-4-8-23-27/h3-11,13,15H,12,14H2,1-2H3,(H,22,26)(H,25,29). The fourth-order valence-corrected chi connectivity index (χ4v) is 3.08. The van der Waals surface area contributed by atoms with E-state index in [9.17, 15) is 4.79 Å². The second kappa shape index (κ2) is 8.14. The zero-order valence-electron chi connectivity index (χ0n) is 16.4. The van der Waals surface area contributed by atoms with E-state index in [1.807, 2.05) is 42.9 Å². The summed E-state index contributed by atoms with van der Waals surface area (Å²) in [4.78, 5) is 16.9. The Morgan fingerprint density at radius 1 is 1.10 bits per heavy atom. The highest BCUT2D eigenvalue weighted by Gasteiger charge is 2.15. The molecule has 3 aromatic heterocycles. The Labute approximate surface area is 168 Å². The van der Waals surface area contributed by atoms with Crippen LogP contribution in [0.15, 0.2) is 61.2 Å². The van der Waals surface area contributed by atoms with Crippen molar-refractivity contribution < 1.29 is 4.79 Å². The molecule has 1 aromatic carbocycles. The van der Waals surface area contributed by atoms with Gasteiger partial charge < -0.3 is 10.6 Å². The first-order valence-electron chi connectivity index (χ1n) is 9.53. The Hall–Kier alpha value is -3.68. The van der Waals surface area contributed by atoms with Gasteiger partial charge in [0.1, 0.15) is 11.4 Å². The molecule has 0 saturated carbocycles. The molecule has 148 valence electrons. The molecule has 0 aliphatic rings. The van der Waals surface area contributed by atoms with Crippen LogP contribution < -0.4 is 10.6 Å². The summed E-state index contributed by atoms with van der Waals surface area (Å²) in [5, 5.41) is 14.7. The van der Waals surface area contributed by atoms with Crippen LogP contribution in [0.3, 0.4) is 0 Å². The Balaban J connectivity index is 1.48. The predicted molar refractivity (Wildman–Crippen MR) is 111 cm³/mol. The largest absolute Gasteiger partial charge is 0.366 e. The van der Waals surface area contributed by atoms with Gasteiger partial charge in [-0.15, -0.1) is 0 Å². The van der Waals surface area contributed by atoms with E-state index in [1.165, 1.54) is 5.56 Å². The first-order chi connectivity index (χ1) is 14.1. The molecule has 8 heteroatoms. The maximum atomic E-state index is 12.4. The van der Waals surface area contributed by atoms with E-state index in [0.717, 1.165) is 12.1 Å². The average Bonchev–Trinajstić information content (AvgIpc) is 3.35. The van der Waals surface area contributed by atoms with Crippen LogP contribution in [0.25, 0.3) is 5.65 Å². The van der Waals surface area contributed by atoms with Gasteiger partial charge in [-0.2, -0.15) is 10.2 Å². The molecule has 8 nitrogen and oxygen atoms in total. The monoisotopic (exact) mass is 389 g/mol. The van der Waals surface area contributed by atoms with Gasteiger partial charge >= 0.3 is 0 Å². The number of hydrogen-bond acceptors (Lipinski definition) is 5. The fraction of sp³-hybridized carbons (Fsp3) is 0.238. The molecule has 0 atom stereocenters. The van der Waals surface area contributed by atoms with Crippen LogP contribution in [0.5, 0.6) is 0 Å². The fourth-order valence-electron chi connectivity index (χ4n) is 3.08. The molecule has 4 aromatic rings. The zero-order chi connectivity index (χ0) is 20.2. The Morgan fingerprint density at radius 3 is 2.76 bits per heavy atom. The second-order valence-electron chi connectivity index (χ2n) is 7.14. The third kappa shape index (κ3) is 4.43. The van der Waals surface area contributed by atoms with Crippen LogP contribution >= 0.6 is 0 Å². The van der Waals surface area contributed by atoms with Gasteiger partial charge in [-0.05, 0) is 37.1 Å². The summed E-state index contributed by atoms with van der Waals surface area (Å²) < 4.78 is 3.50. The van der Waals surface area contributed by atoms with Gasteiger partial charge in [0.05, 0.1) is 12.7 Å². The Kier molecular flexibility index (Phi) is 5.24. The van der Waals surface area contributed by atoms with Gasteiger partial charge in [0, 0.05) is 31.2 Å². The molecular formula is C21H23N7O. The number of nitrogens with zero attached hydrogens (tertiary/aromatic N) is 5. The van der Waals surface area contributed by atoms with Crippen LogP contribution in [0.4, 0.5) is 5.82 Å². The Bertz CT molecular complexity index is 1120. The number of fused-ring (bicyclic) bond motifs is 1. The number of anilines is 1.